The van der Waals surface area contributed by atoms with Gasteiger partial charge in [0.05, 0.1) is 0 Å². The Hall–Kier alpha value is -1.10. The van der Waals surface area contributed by atoms with Gasteiger partial charge in [-0.3, -0.25) is 0 Å². The van der Waals surface area contributed by atoms with Crippen LogP contribution in [-0.4, -0.2) is 12.5 Å². The fourth-order valence-corrected chi connectivity index (χ4v) is 1.19. The normalized spacial score (nSPS) is 23.3. The topological polar surface area (TPSA) is 18.5 Å². The Morgan fingerprint density at radius 3 is 2.71 bits per heavy atom. The van der Waals surface area contributed by atoms with Gasteiger partial charge < -0.3 is 9.47 Å². The Kier molecular flexibility index (Phi) is 1.99. The Bertz CT molecular complexity index is 370. The summed E-state index contributed by atoms with van der Waals surface area (Å²) in [5.41, 5.74) is 0. The first-order valence-electron chi connectivity index (χ1n) is 3.66. The number of fused-ring (bicyclic) bond motifs is 1. The molecule has 14 heavy (non-hydrogen) atoms. The van der Waals surface area contributed by atoms with Gasteiger partial charge in [0, 0.05) is 11.1 Å². The molecular weight excluding hydrogens is 221 g/mol. The van der Waals surface area contributed by atoms with Gasteiger partial charge in [-0.15, -0.1) is 0 Å². The molecule has 1 aliphatic rings. The van der Waals surface area contributed by atoms with E-state index in [0.717, 1.165) is 6.07 Å². The number of rotatable bonds is 0. The van der Waals surface area contributed by atoms with E-state index < -0.39 is 12.5 Å². The summed E-state index contributed by atoms with van der Waals surface area (Å²) >= 11 is 5.53. The third-order valence-corrected chi connectivity index (χ3v) is 1.88. The van der Waals surface area contributed by atoms with Crippen molar-refractivity contribution in [3.8, 4) is 11.5 Å². The van der Waals surface area contributed by atoms with Gasteiger partial charge in [-0.2, -0.15) is 13.2 Å². The summed E-state index contributed by atoms with van der Waals surface area (Å²) in [6, 6.07) is 3.79. The van der Waals surface area contributed by atoms with Gasteiger partial charge >= 0.3 is 12.5 Å². The van der Waals surface area contributed by atoms with E-state index in [2.05, 4.69) is 9.47 Å². The van der Waals surface area contributed by atoms with Gasteiger partial charge in [-0.05, 0) is 12.1 Å². The van der Waals surface area contributed by atoms with E-state index in [-0.39, 0.29) is 16.5 Å². The van der Waals surface area contributed by atoms with Gasteiger partial charge in [0.1, 0.15) is 0 Å². The summed E-state index contributed by atoms with van der Waals surface area (Å²) in [5, 5.41) is 0.209. The summed E-state index contributed by atoms with van der Waals surface area (Å²) in [5.74, 6) is -0.357. The van der Waals surface area contributed by atoms with E-state index in [4.69, 9.17) is 11.6 Å². The number of ether oxygens (including phenoxy) is 2. The van der Waals surface area contributed by atoms with Crippen LogP contribution in [-0.2, 0) is 0 Å². The van der Waals surface area contributed by atoms with Crippen molar-refractivity contribution in [3.05, 3.63) is 23.2 Å². The summed E-state index contributed by atoms with van der Waals surface area (Å²) in [4.78, 5) is 0. The second kappa shape index (κ2) is 2.95. The predicted molar refractivity (Wildman–Crippen MR) is 42.6 cm³/mol. The summed E-state index contributed by atoms with van der Waals surface area (Å²) < 4.78 is 46.3. The van der Waals surface area contributed by atoms with E-state index in [1.807, 2.05) is 0 Å². The van der Waals surface area contributed by atoms with Crippen molar-refractivity contribution in [1.82, 2.24) is 0 Å². The molecule has 1 heterocycles. The molecule has 1 unspecified atom stereocenters. The number of alkyl halides is 3. The van der Waals surface area contributed by atoms with Crippen LogP contribution in [0.5, 0.6) is 11.5 Å². The highest BCUT2D eigenvalue weighted by atomic mass is 35.5. The predicted octanol–water partition coefficient (Wildman–Crippen LogP) is 3.00. The van der Waals surface area contributed by atoms with E-state index >= 15 is 0 Å². The standard InChI is InChI=1S/C8H4ClF3O2/c9-4-1-2-5-6(3-4)14-8(11,12)7(10)13-5/h1-3,7H. The molecular formula is C8H4ClF3O2. The molecule has 0 radical (unpaired) electrons. The molecule has 0 saturated heterocycles. The van der Waals surface area contributed by atoms with Crippen LogP contribution in [0.25, 0.3) is 0 Å². The molecule has 1 aromatic rings. The molecule has 1 aromatic carbocycles. The highest BCUT2D eigenvalue weighted by molar-refractivity contribution is 6.30. The second-order valence-electron chi connectivity index (χ2n) is 2.69. The zero-order chi connectivity index (χ0) is 10.3. The first kappa shape index (κ1) is 9.45. The molecule has 0 spiro atoms. The Balaban J connectivity index is 2.41. The van der Waals surface area contributed by atoms with Gasteiger partial charge in [-0.1, -0.05) is 11.6 Å². The minimum absolute atomic E-state index is 0.0900. The maximum atomic E-state index is 12.6. The van der Waals surface area contributed by atoms with Crippen molar-refractivity contribution in [3.63, 3.8) is 0 Å². The average Bonchev–Trinajstić information content (AvgIpc) is 2.07. The van der Waals surface area contributed by atoms with Gasteiger partial charge in [0.15, 0.2) is 11.5 Å². The Morgan fingerprint density at radius 1 is 1.29 bits per heavy atom. The van der Waals surface area contributed by atoms with E-state index in [1.54, 1.807) is 0 Å². The molecule has 0 bridgehead atoms. The molecule has 0 aliphatic carbocycles. The Morgan fingerprint density at radius 2 is 2.00 bits per heavy atom. The Labute approximate surface area is 82.2 Å². The molecule has 1 atom stereocenters. The fraction of sp³-hybridized carbons (Fsp3) is 0.250. The smallest absolute Gasteiger partial charge is 0.447 e. The lowest BCUT2D eigenvalue weighted by Crippen LogP contribution is -2.43. The molecule has 0 saturated carbocycles. The lowest BCUT2D eigenvalue weighted by molar-refractivity contribution is -0.281. The molecule has 2 rings (SSSR count). The second-order valence-corrected chi connectivity index (χ2v) is 3.13. The quantitative estimate of drug-likeness (QED) is 0.674. The van der Waals surface area contributed by atoms with Crippen molar-refractivity contribution >= 4 is 11.6 Å². The number of hydrogen-bond acceptors (Lipinski definition) is 2. The van der Waals surface area contributed by atoms with Crippen LogP contribution in [0, 0.1) is 0 Å². The van der Waals surface area contributed by atoms with Crippen LogP contribution in [0.1, 0.15) is 0 Å². The highest BCUT2D eigenvalue weighted by Crippen LogP contribution is 2.41. The van der Waals surface area contributed by atoms with Crippen molar-refractivity contribution < 1.29 is 22.6 Å². The van der Waals surface area contributed by atoms with Gasteiger partial charge in [0.2, 0.25) is 0 Å². The number of hydrogen-bond donors (Lipinski definition) is 0. The first-order valence-corrected chi connectivity index (χ1v) is 4.04. The number of benzene rings is 1. The van der Waals surface area contributed by atoms with Crippen LogP contribution < -0.4 is 9.47 Å². The molecule has 2 nitrogen and oxygen atoms in total. The van der Waals surface area contributed by atoms with Crippen molar-refractivity contribution in [1.29, 1.82) is 0 Å². The summed E-state index contributed by atoms with van der Waals surface area (Å²) in [6.45, 7) is 0. The maximum absolute atomic E-state index is 12.6. The SMILES string of the molecule is FC1Oc2ccc(Cl)cc2OC1(F)F. The highest BCUT2D eigenvalue weighted by Gasteiger charge is 2.49. The molecule has 0 amide bonds. The zero-order valence-electron chi connectivity index (χ0n) is 6.64. The first-order chi connectivity index (χ1) is 6.49. The average molecular weight is 225 g/mol. The molecule has 0 aromatic heterocycles. The van der Waals surface area contributed by atoms with Crippen molar-refractivity contribution in [2.45, 2.75) is 12.5 Å². The van der Waals surface area contributed by atoms with Crippen LogP contribution in [0.3, 0.4) is 0 Å². The van der Waals surface area contributed by atoms with E-state index in [0.29, 0.717) is 0 Å². The molecule has 76 valence electrons. The van der Waals surface area contributed by atoms with Crippen LogP contribution in [0.15, 0.2) is 18.2 Å². The minimum atomic E-state index is -3.97. The lowest BCUT2D eigenvalue weighted by atomic mass is 10.3. The molecule has 6 heteroatoms. The van der Waals surface area contributed by atoms with Crippen molar-refractivity contribution in [2.75, 3.05) is 0 Å². The van der Waals surface area contributed by atoms with Crippen LogP contribution in [0.4, 0.5) is 13.2 Å². The zero-order valence-corrected chi connectivity index (χ0v) is 7.39. The van der Waals surface area contributed by atoms with E-state index in [9.17, 15) is 13.2 Å². The molecule has 1 aliphatic heterocycles. The molecule has 0 fully saturated rings. The van der Waals surface area contributed by atoms with Gasteiger partial charge in [-0.25, -0.2) is 0 Å². The number of halogens is 4. The van der Waals surface area contributed by atoms with Crippen molar-refractivity contribution in [2.24, 2.45) is 0 Å². The van der Waals surface area contributed by atoms with Crippen LogP contribution in [0.2, 0.25) is 5.02 Å². The third kappa shape index (κ3) is 1.48. The fourth-order valence-electron chi connectivity index (χ4n) is 1.03. The minimum Gasteiger partial charge on any atom is -0.447 e. The summed E-state index contributed by atoms with van der Waals surface area (Å²) in [7, 11) is 0. The lowest BCUT2D eigenvalue weighted by Gasteiger charge is -2.28. The largest absolute Gasteiger partial charge is 0.468 e. The monoisotopic (exact) mass is 224 g/mol. The molecule has 0 N–H and O–H groups in total. The summed E-state index contributed by atoms with van der Waals surface area (Å²) in [6.07, 6.45) is -6.77. The van der Waals surface area contributed by atoms with E-state index in [1.165, 1.54) is 12.1 Å². The maximum Gasteiger partial charge on any atom is 0.468 e. The third-order valence-electron chi connectivity index (χ3n) is 1.65. The van der Waals surface area contributed by atoms with Gasteiger partial charge in [0.25, 0.3) is 0 Å². The van der Waals surface area contributed by atoms with Crippen LogP contribution >= 0.6 is 11.6 Å².